The Balaban J connectivity index is 2.31. The molecule has 0 radical (unpaired) electrons. The van der Waals surface area contributed by atoms with E-state index in [0.717, 1.165) is 25.7 Å². The quantitative estimate of drug-likeness (QED) is 0.443. The van der Waals surface area contributed by atoms with Crippen LogP contribution in [0.4, 0.5) is 5.82 Å². The van der Waals surface area contributed by atoms with Crippen LogP contribution in [0.25, 0.3) is 0 Å². The molecule has 0 saturated heterocycles. The molecule has 0 amide bonds. The fraction of sp³-hybridized carbons (Fsp3) is 0.538. The molecule has 0 bridgehead atoms. The fourth-order valence-electron chi connectivity index (χ4n) is 2.55. The summed E-state index contributed by atoms with van der Waals surface area (Å²) < 4.78 is 31.4. The molecule has 3 N–H and O–H groups in total. The van der Waals surface area contributed by atoms with Gasteiger partial charge in [0.15, 0.2) is 0 Å². The largest absolute Gasteiger partial charge is 0.468 e. The predicted molar refractivity (Wildman–Crippen MR) is 80.2 cm³/mol. The number of anilines is 1. The Kier molecular flexibility index (Phi) is 5.33. The average molecular weight is 328 g/mol. The maximum atomic E-state index is 12.8. The Labute approximate surface area is 129 Å². The van der Waals surface area contributed by atoms with Crippen molar-refractivity contribution in [1.82, 2.24) is 9.29 Å². The summed E-state index contributed by atoms with van der Waals surface area (Å²) in [5.41, 5.74) is 2.34. The zero-order valence-corrected chi connectivity index (χ0v) is 13.2. The van der Waals surface area contributed by atoms with Crippen molar-refractivity contribution in [3.05, 3.63) is 18.3 Å². The number of hydrogen-bond donors (Lipinski definition) is 2. The van der Waals surface area contributed by atoms with Crippen LogP contribution in [0.15, 0.2) is 23.2 Å². The molecule has 1 aromatic heterocycles. The van der Waals surface area contributed by atoms with E-state index in [4.69, 9.17) is 5.84 Å². The van der Waals surface area contributed by atoms with Crippen LogP contribution in [-0.4, -0.2) is 43.4 Å². The molecular formula is C13H20N4O4S. The lowest BCUT2D eigenvalue weighted by Gasteiger charge is -2.26. The average Bonchev–Trinajstić information content (AvgIpc) is 3.06. The molecule has 0 spiro atoms. The van der Waals surface area contributed by atoms with Gasteiger partial charge >= 0.3 is 5.97 Å². The van der Waals surface area contributed by atoms with Gasteiger partial charge in [-0.05, 0) is 25.0 Å². The van der Waals surface area contributed by atoms with E-state index < -0.39 is 16.0 Å². The lowest BCUT2D eigenvalue weighted by atomic mass is 10.2. The standard InChI is InChI=1S/C13H20N4O4S/c1-21-13(18)9-17(10-4-2-3-5-10)22(19,20)11-6-7-12(16-14)15-8-11/h6-8,10H,2-5,9,14H2,1H3,(H,15,16). The summed E-state index contributed by atoms with van der Waals surface area (Å²) in [6, 6.07) is 2.70. The molecule has 1 saturated carbocycles. The summed E-state index contributed by atoms with van der Waals surface area (Å²) in [7, 11) is -2.57. The first-order valence-electron chi connectivity index (χ1n) is 7.00. The Morgan fingerprint density at radius 1 is 1.45 bits per heavy atom. The Morgan fingerprint density at radius 3 is 2.64 bits per heavy atom. The SMILES string of the molecule is COC(=O)CN(C1CCCC1)S(=O)(=O)c1ccc(NN)nc1. The third-order valence-electron chi connectivity index (χ3n) is 3.74. The first-order chi connectivity index (χ1) is 10.5. The minimum absolute atomic E-state index is 0.0299. The second-order valence-electron chi connectivity index (χ2n) is 5.09. The van der Waals surface area contributed by atoms with Gasteiger partial charge < -0.3 is 10.2 Å². The van der Waals surface area contributed by atoms with Crippen LogP contribution in [0.5, 0.6) is 0 Å². The third-order valence-corrected chi connectivity index (χ3v) is 5.62. The van der Waals surface area contributed by atoms with Crippen molar-refractivity contribution in [1.29, 1.82) is 0 Å². The number of nitrogens with zero attached hydrogens (tertiary/aromatic N) is 2. The molecule has 1 aliphatic carbocycles. The van der Waals surface area contributed by atoms with E-state index in [0.29, 0.717) is 5.82 Å². The van der Waals surface area contributed by atoms with Gasteiger partial charge in [0.1, 0.15) is 17.3 Å². The van der Waals surface area contributed by atoms with Crippen LogP contribution in [0.1, 0.15) is 25.7 Å². The summed E-state index contributed by atoms with van der Waals surface area (Å²) in [5, 5.41) is 0. The Hall–Kier alpha value is -1.71. The molecule has 1 aliphatic rings. The van der Waals surface area contributed by atoms with Crippen molar-refractivity contribution < 1.29 is 17.9 Å². The second-order valence-corrected chi connectivity index (χ2v) is 6.98. The van der Waals surface area contributed by atoms with Crippen LogP contribution < -0.4 is 11.3 Å². The number of nitrogens with one attached hydrogen (secondary N) is 1. The van der Waals surface area contributed by atoms with Gasteiger partial charge in [-0.2, -0.15) is 4.31 Å². The Bertz CT molecular complexity index is 611. The number of hydrogen-bond acceptors (Lipinski definition) is 7. The number of carbonyl (C=O) groups is 1. The highest BCUT2D eigenvalue weighted by molar-refractivity contribution is 7.89. The van der Waals surface area contributed by atoms with E-state index in [1.807, 2.05) is 0 Å². The lowest BCUT2D eigenvalue weighted by Crippen LogP contribution is -2.42. The second kappa shape index (κ2) is 7.03. The zero-order valence-electron chi connectivity index (χ0n) is 12.4. The van der Waals surface area contributed by atoms with Gasteiger partial charge in [0.25, 0.3) is 0 Å². The molecule has 8 nitrogen and oxygen atoms in total. The van der Waals surface area contributed by atoms with E-state index in [1.54, 1.807) is 0 Å². The summed E-state index contributed by atoms with van der Waals surface area (Å²) >= 11 is 0. The maximum Gasteiger partial charge on any atom is 0.321 e. The number of aromatic nitrogens is 1. The molecule has 0 aromatic carbocycles. The molecule has 1 aromatic rings. The predicted octanol–water partition coefficient (Wildman–Crippen LogP) is 0.474. The molecule has 0 aliphatic heterocycles. The number of nitrogen functional groups attached to an aromatic ring is 1. The highest BCUT2D eigenvalue weighted by atomic mass is 32.2. The summed E-state index contributed by atoms with van der Waals surface area (Å²) in [5.74, 6) is 5.00. The molecule has 1 heterocycles. The highest BCUT2D eigenvalue weighted by Crippen LogP contribution is 2.28. The minimum atomic E-state index is -3.81. The van der Waals surface area contributed by atoms with Gasteiger partial charge in [0.2, 0.25) is 10.0 Å². The lowest BCUT2D eigenvalue weighted by molar-refractivity contribution is -0.141. The van der Waals surface area contributed by atoms with Crippen molar-refractivity contribution in [2.75, 3.05) is 19.1 Å². The number of pyridine rings is 1. The molecular weight excluding hydrogens is 308 g/mol. The van der Waals surface area contributed by atoms with Crippen LogP contribution in [-0.2, 0) is 19.6 Å². The topological polar surface area (TPSA) is 115 Å². The molecule has 9 heteroatoms. The van der Waals surface area contributed by atoms with Gasteiger partial charge in [0, 0.05) is 12.2 Å². The number of ether oxygens (including phenoxy) is 1. The van der Waals surface area contributed by atoms with Crippen LogP contribution >= 0.6 is 0 Å². The molecule has 22 heavy (non-hydrogen) atoms. The minimum Gasteiger partial charge on any atom is -0.468 e. The van der Waals surface area contributed by atoms with Crippen LogP contribution in [0.2, 0.25) is 0 Å². The van der Waals surface area contributed by atoms with Crippen LogP contribution in [0, 0.1) is 0 Å². The van der Waals surface area contributed by atoms with Gasteiger partial charge in [-0.15, -0.1) is 0 Å². The zero-order chi connectivity index (χ0) is 16.2. The number of nitrogens with two attached hydrogens (primary N) is 1. The van der Waals surface area contributed by atoms with Crippen LogP contribution in [0.3, 0.4) is 0 Å². The summed E-state index contributed by atoms with van der Waals surface area (Å²) in [4.78, 5) is 15.5. The van der Waals surface area contributed by atoms with E-state index in [-0.39, 0.29) is 17.5 Å². The molecule has 0 unspecified atom stereocenters. The maximum absolute atomic E-state index is 12.8. The van der Waals surface area contributed by atoms with Gasteiger partial charge in [0.05, 0.1) is 7.11 Å². The van der Waals surface area contributed by atoms with Crippen molar-refractivity contribution in [2.45, 2.75) is 36.6 Å². The van der Waals surface area contributed by atoms with Gasteiger partial charge in [-0.3, -0.25) is 4.79 Å². The van der Waals surface area contributed by atoms with Gasteiger partial charge in [-0.25, -0.2) is 19.2 Å². The van der Waals surface area contributed by atoms with Crippen molar-refractivity contribution in [2.24, 2.45) is 5.84 Å². The smallest absolute Gasteiger partial charge is 0.321 e. The monoisotopic (exact) mass is 328 g/mol. The van der Waals surface area contributed by atoms with Crippen molar-refractivity contribution in [3.63, 3.8) is 0 Å². The summed E-state index contributed by atoms with van der Waals surface area (Å²) in [6.45, 7) is -0.291. The third kappa shape index (κ3) is 3.54. The first kappa shape index (κ1) is 16.7. The molecule has 0 atom stereocenters. The number of methoxy groups -OCH3 is 1. The molecule has 2 rings (SSSR count). The van der Waals surface area contributed by atoms with E-state index in [1.165, 1.54) is 29.7 Å². The van der Waals surface area contributed by atoms with Crippen molar-refractivity contribution in [3.8, 4) is 0 Å². The number of sulfonamides is 1. The van der Waals surface area contributed by atoms with Gasteiger partial charge in [-0.1, -0.05) is 12.8 Å². The van der Waals surface area contributed by atoms with E-state index in [2.05, 4.69) is 15.1 Å². The molecule has 1 fully saturated rings. The number of carbonyl (C=O) groups excluding carboxylic acids is 1. The summed E-state index contributed by atoms with van der Waals surface area (Å²) in [6.07, 6.45) is 4.61. The highest BCUT2D eigenvalue weighted by Gasteiger charge is 2.35. The Morgan fingerprint density at radius 2 is 2.14 bits per heavy atom. The number of hydrazine groups is 1. The van der Waals surface area contributed by atoms with Crippen molar-refractivity contribution >= 4 is 21.8 Å². The number of esters is 1. The first-order valence-corrected chi connectivity index (χ1v) is 8.44. The van der Waals surface area contributed by atoms with E-state index >= 15 is 0 Å². The fourth-order valence-corrected chi connectivity index (χ4v) is 4.12. The van der Waals surface area contributed by atoms with E-state index in [9.17, 15) is 13.2 Å². The molecule has 122 valence electrons. The normalized spacial score (nSPS) is 16.0. The number of rotatable bonds is 6.